The smallest absolute Gasteiger partial charge is 0.307 e. The third-order valence-electron chi connectivity index (χ3n) is 3.30. The number of benzene rings is 1. The number of amides is 1. The van der Waals surface area contributed by atoms with Crippen LogP contribution in [-0.2, 0) is 16.6 Å². The van der Waals surface area contributed by atoms with Gasteiger partial charge in [-0.3, -0.25) is 14.4 Å². The fourth-order valence-corrected chi connectivity index (χ4v) is 2.04. The lowest BCUT2D eigenvalue weighted by Gasteiger charge is -2.18. The molecule has 0 saturated carbocycles. The van der Waals surface area contributed by atoms with Crippen molar-refractivity contribution in [3.8, 4) is 0 Å². The zero-order valence-electron chi connectivity index (χ0n) is 12.9. The molecule has 0 saturated heterocycles. The van der Waals surface area contributed by atoms with Crippen molar-refractivity contribution in [3.05, 3.63) is 64.1 Å². The zero-order valence-corrected chi connectivity index (χ0v) is 12.9. The number of aromatic nitrogens is 2. The van der Waals surface area contributed by atoms with E-state index in [-0.39, 0.29) is 17.7 Å². The lowest BCUT2D eigenvalue weighted by molar-refractivity contribution is -0.141. The van der Waals surface area contributed by atoms with E-state index in [1.54, 1.807) is 0 Å². The van der Waals surface area contributed by atoms with Gasteiger partial charge in [0.1, 0.15) is 5.69 Å². The number of esters is 1. The van der Waals surface area contributed by atoms with Gasteiger partial charge in [0.15, 0.2) is 0 Å². The topological polar surface area (TPSA) is 90.3 Å². The molecular formula is C16H17N3O4. The first kappa shape index (κ1) is 16.4. The maximum absolute atomic E-state index is 12.3. The Hall–Kier alpha value is -2.96. The van der Waals surface area contributed by atoms with Crippen LogP contribution in [0.1, 0.15) is 28.5 Å². The van der Waals surface area contributed by atoms with Gasteiger partial charge >= 0.3 is 5.97 Å². The van der Waals surface area contributed by atoms with Gasteiger partial charge < -0.3 is 10.1 Å². The molecular weight excluding hydrogens is 298 g/mol. The first-order valence-electron chi connectivity index (χ1n) is 6.98. The molecule has 2 aromatic rings. The van der Waals surface area contributed by atoms with Gasteiger partial charge in [-0.2, -0.15) is 5.10 Å². The van der Waals surface area contributed by atoms with E-state index >= 15 is 0 Å². The average Bonchev–Trinajstić information content (AvgIpc) is 2.57. The van der Waals surface area contributed by atoms with Crippen LogP contribution in [0.25, 0.3) is 0 Å². The van der Waals surface area contributed by atoms with Crippen LogP contribution in [0, 0.1) is 0 Å². The van der Waals surface area contributed by atoms with E-state index in [4.69, 9.17) is 0 Å². The molecule has 1 amide bonds. The minimum absolute atomic E-state index is 0.00197. The van der Waals surface area contributed by atoms with Gasteiger partial charge in [0.25, 0.3) is 11.5 Å². The van der Waals surface area contributed by atoms with Crippen LogP contribution in [0.3, 0.4) is 0 Å². The van der Waals surface area contributed by atoms with Gasteiger partial charge in [-0.15, -0.1) is 0 Å². The monoisotopic (exact) mass is 315 g/mol. The molecule has 0 aliphatic carbocycles. The van der Waals surface area contributed by atoms with Crippen molar-refractivity contribution >= 4 is 11.9 Å². The first-order valence-corrected chi connectivity index (χ1v) is 6.98. The molecule has 0 aliphatic heterocycles. The summed E-state index contributed by atoms with van der Waals surface area (Å²) >= 11 is 0. The molecule has 1 aromatic heterocycles. The third kappa shape index (κ3) is 4.26. The summed E-state index contributed by atoms with van der Waals surface area (Å²) in [7, 11) is 2.75. The Kier molecular flexibility index (Phi) is 5.24. The molecule has 0 spiro atoms. The molecule has 0 fully saturated rings. The van der Waals surface area contributed by atoms with Crippen LogP contribution in [0.15, 0.2) is 47.3 Å². The Morgan fingerprint density at radius 1 is 1.22 bits per heavy atom. The summed E-state index contributed by atoms with van der Waals surface area (Å²) in [6.45, 7) is 0. The van der Waals surface area contributed by atoms with E-state index in [1.807, 2.05) is 30.3 Å². The van der Waals surface area contributed by atoms with Crippen LogP contribution < -0.4 is 10.9 Å². The van der Waals surface area contributed by atoms with Crippen LogP contribution >= 0.6 is 0 Å². The van der Waals surface area contributed by atoms with Crippen LogP contribution in [0.2, 0.25) is 0 Å². The first-order chi connectivity index (χ1) is 11.0. The lowest BCUT2D eigenvalue weighted by atomic mass is 10.0. The summed E-state index contributed by atoms with van der Waals surface area (Å²) in [5.41, 5.74) is 0.560. The average molecular weight is 315 g/mol. The predicted molar refractivity (Wildman–Crippen MR) is 82.8 cm³/mol. The lowest BCUT2D eigenvalue weighted by Crippen LogP contribution is -2.32. The van der Waals surface area contributed by atoms with E-state index < -0.39 is 17.9 Å². The molecule has 7 heteroatoms. The summed E-state index contributed by atoms with van der Waals surface area (Å²) in [6, 6.07) is 11.2. The second-order valence-electron chi connectivity index (χ2n) is 4.90. The van der Waals surface area contributed by atoms with Crippen molar-refractivity contribution in [1.29, 1.82) is 0 Å². The highest BCUT2D eigenvalue weighted by atomic mass is 16.5. The number of aryl methyl sites for hydroxylation is 1. The van der Waals surface area contributed by atoms with Crippen molar-refractivity contribution in [3.63, 3.8) is 0 Å². The minimum atomic E-state index is -0.546. The van der Waals surface area contributed by atoms with Crippen LogP contribution in [-0.4, -0.2) is 28.8 Å². The van der Waals surface area contributed by atoms with Crippen molar-refractivity contribution in [1.82, 2.24) is 15.1 Å². The maximum Gasteiger partial charge on any atom is 0.307 e. The molecule has 1 N–H and O–H groups in total. The van der Waals surface area contributed by atoms with Crippen molar-refractivity contribution in [2.24, 2.45) is 7.05 Å². The van der Waals surface area contributed by atoms with E-state index in [2.05, 4.69) is 15.2 Å². The minimum Gasteiger partial charge on any atom is -0.469 e. The zero-order chi connectivity index (χ0) is 16.8. The number of ether oxygens (including phenoxy) is 1. The molecule has 23 heavy (non-hydrogen) atoms. The second kappa shape index (κ2) is 7.35. The Balaban J connectivity index is 2.22. The fraction of sp³-hybridized carbons (Fsp3) is 0.250. The second-order valence-corrected chi connectivity index (χ2v) is 4.90. The molecule has 7 nitrogen and oxygen atoms in total. The number of rotatable bonds is 5. The number of carbonyl (C=O) groups is 2. The largest absolute Gasteiger partial charge is 0.469 e. The molecule has 120 valence electrons. The van der Waals surface area contributed by atoms with Crippen LogP contribution in [0.4, 0.5) is 0 Å². The van der Waals surface area contributed by atoms with Crippen molar-refractivity contribution in [2.45, 2.75) is 12.5 Å². The summed E-state index contributed by atoms with van der Waals surface area (Å²) in [5.74, 6) is -0.911. The fourth-order valence-electron chi connectivity index (χ4n) is 2.04. The highest BCUT2D eigenvalue weighted by Crippen LogP contribution is 2.17. The normalized spacial score (nSPS) is 11.6. The van der Waals surface area contributed by atoms with Gasteiger partial charge in [0.2, 0.25) is 0 Å². The van der Waals surface area contributed by atoms with E-state index in [9.17, 15) is 14.4 Å². The highest BCUT2D eigenvalue weighted by Gasteiger charge is 2.20. The Morgan fingerprint density at radius 3 is 2.52 bits per heavy atom. The van der Waals surface area contributed by atoms with Gasteiger partial charge in [0, 0.05) is 13.1 Å². The standard InChI is InChI=1S/C16H17N3O4/c1-19-14(20)9-8-12(18-19)16(22)17-13(10-15(21)23-2)11-6-4-3-5-7-11/h3-9,13H,10H2,1-2H3,(H,17,22). The molecule has 1 unspecified atom stereocenters. The molecule has 1 aromatic carbocycles. The molecule has 0 bridgehead atoms. The summed E-state index contributed by atoms with van der Waals surface area (Å²) < 4.78 is 5.75. The van der Waals surface area contributed by atoms with E-state index in [1.165, 1.54) is 26.3 Å². The Morgan fingerprint density at radius 2 is 1.91 bits per heavy atom. The summed E-state index contributed by atoms with van der Waals surface area (Å²) in [6.07, 6.45) is -0.00197. The number of hydrogen-bond acceptors (Lipinski definition) is 5. The van der Waals surface area contributed by atoms with Gasteiger partial charge in [-0.1, -0.05) is 30.3 Å². The van der Waals surface area contributed by atoms with Gasteiger partial charge in [-0.05, 0) is 11.6 Å². The Labute approximate surface area is 132 Å². The molecule has 1 heterocycles. The van der Waals surface area contributed by atoms with Gasteiger partial charge in [0.05, 0.1) is 19.6 Å². The molecule has 2 rings (SSSR count). The Bertz CT molecular complexity index is 755. The maximum atomic E-state index is 12.3. The summed E-state index contributed by atoms with van der Waals surface area (Å²) in [5, 5.41) is 6.64. The van der Waals surface area contributed by atoms with Gasteiger partial charge in [-0.25, -0.2) is 4.68 Å². The number of hydrogen-bond donors (Lipinski definition) is 1. The number of methoxy groups -OCH3 is 1. The molecule has 0 radical (unpaired) electrons. The van der Waals surface area contributed by atoms with Crippen molar-refractivity contribution < 1.29 is 14.3 Å². The predicted octanol–water partition coefficient (Wildman–Crippen LogP) is 0.814. The van der Waals surface area contributed by atoms with E-state index in [0.29, 0.717) is 0 Å². The molecule has 0 aliphatic rings. The number of carbonyl (C=O) groups excluding carboxylic acids is 2. The number of nitrogens with zero attached hydrogens (tertiary/aromatic N) is 2. The highest BCUT2D eigenvalue weighted by molar-refractivity contribution is 5.92. The van der Waals surface area contributed by atoms with Crippen molar-refractivity contribution in [2.75, 3.05) is 7.11 Å². The number of nitrogens with one attached hydrogen (secondary N) is 1. The van der Waals surface area contributed by atoms with E-state index in [0.717, 1.165) is 10.2 Å². The summed E-state index contributed by atoms with van der Waals surface area (Å²) in [4.78, 5) is 35.2. The quantitative estimate of drug-likeness (QED) is 0.825. The third-order valence-corrected chi connectivity index (χ3v) is 3.30. The van der Waals surface area contributed by atoms with Crippen LogP contribution in [0.5, 0.6) is 0 Å². The molecule has 1 atom stereocenters. The SMILES string of the molecule is COC(=O)CC(NC(=O)c1ccc(=O)n(C)n1)c1ccccc1.